The molecule has 174 valence electrons. The lowest BCUT2D eigenvalue weighted by molar-refractivity contribution is 0.153. The number of nitrogens with one attached hydrogen (secondary N) is 1. The highest BCUT2D eigenvalue weighted by Crippen LogP contribution is 2.44. The average Bonchev–Trinajstić information content (AvgIpc) is 3.33. The van der Waals surface area contributed by atoms with E-state index in [1.807, 2.05) is 9.62 Å². The molecule has 1 aromatic carbocycles. The lowest BCUT2D eigenvalue weighted by Gasteiger charge is -2.36. The normalized spacial score (nSPS) is 24.3. The topological polar surface area (TPSA) is 65.5 Å². The van der Waals surface area contributed by atoms with E-state index in [9.17, 15) is 17.2 Å². The summed E-state index contributed by atoms with van der Waals surface area (Å²) < 4.78 is 70.2. The molecule has 0 aliphatic carbocycles. The third-order valence-corrected chi connectivity index (χ3v) is 8.25. The van der Waals surface area contributed by atoms with Gasteiger partial charge in [0.05, 0.1) is 11.9 Å². The number of aromatic nitrogens is 1. The summed E-state index contributed by atoms with van der Waals surface area (Å²) in [5, 5.41) is -0.456. The molecule has 11 heteroatoms. The number of hydrogen-bond acceptors (Lipinski definition) is 5. The first-order valence-electron chi connectivity index (χ1n) is 10.3. The van der Waals surface area contributed by atoms with Crippen LogP contribution in [0.3, 0.4) is 0 Å². The smallest absolute Gasteiger partial charge is 0.268 e. The summed E-state index contributed by atoms with van der Waals surface area (Å²) >= 11 is 6.21. The van der Waals surface area contributed by atoms with Crippen molar-refractivity contribution in [1.82, 2.24) is 9.88 Å². The molecule has 2 atom stereocenters. The minimum absolute atomic E-state index is 0.0674. The van der Waals surface area contributed by atoms with Crippen LogP contribution in [0.1, 0.15) is 26.2 Å². The molecule has 2 aromatic rings. The summed E-state index contributed by atoms with van der Waals surface area (Å²) in [5.41, 5.74) is 0.0622. The van der Waals surface area contributed by atoms with Crippen LogP contribution in [0.5, 0.6) is 0 Å². The molecule has 0 unspecified atom stereocenters. The van der Waals surface area contributed by atoms with Crippen molar-refractivity contribution in [1.29, 1.82) is 0 Å². The van der Waals surface area contributed by atoms with Gasteiger partial charge >= 0.3 is 0 Å². The molecule has 4 rings (SSSR count). The standard InChI is InChI=1S/C21H24ClF3N4O2S/c1-21(16-4-3-8-28(16)2)7-9-29(12-21)15-10-14(24)20(19(25)18(15)22)32(30,31)27-17-6-5-13(23)11-26-17/h5-6,10-11,16H,3-4,7-9,12H2,1-2H3,(H,26,27)/t16-,21+/m0/s1. The van der Waals surface area contributed by atoms with E-state index in [0.29, 0.717) is 19.1 Å². The molecule has 2 aliphatic rings. The monoisotopic (exact) mass is 488 g/mol. The van der Waals surface area contributed by atoms with Gasteiger partial charge in [0, 0.05) is 30.6 Å². The summed E-state index contributed by atoms with van der Waals surface area (Å²) in [5.74, 6) is -3.59. The molecule has 2 aliphatic heterocycles. The zero-order valence-electron chi connectivity index (χ0n) is 17.7. The minimum Gasteiger partial charge on any atom is -0.370 e. The van der Waals surface area contributed by atoms with Crippen LogP contribution in [0.15, 0.2) is 29.3 Å². The first-order valence-corrected chi connectivity index (χ1v) is 12.1. The molecule has 0 bridgehead atoms. The van der Waals surface area contributed by atoms with Crippen molar-refractivity contribution in [2.45, 2.75) is 37.1 Å². The van der Waals surface area contributed by atoms with Crippen LogP contribution in [0.2, 0.25) is 5.02 Å². The Hall–Kier alpha value is -2.04. The molecular formula is C21H24ClF3N4O2S. The Labute approximate surface area is 190 Å². The number of likely N-dealkylation sites (tertiary alicyclic amines) is 1. The molecule has 2 fully saturated rings. The molecule has 1 N–H and O–H groups in total. The van der Waals surface area contributed by atoms with Crippen molar-refractivity contribution < 1.29 is 21.6 Å². The van der Waals surface area contributed by atoms with Crippen LogP contribution in [0, 0.1) is 22.9 Å². The van der Waals surface area contributed by atoms with Crippen LogP contribution >= 0.6 is 11.6 Å². The number of sulfonamides is 1. The van der Waals surface area contributed by atoms with Crippen LogP contribution in [-0.4, -0.2) is 51.0 Å². The molecule has 1 aromatic heterocycles. The highest BCUT2D eigenvalue weighted by molar-refractivity contribution is 7.92. The van der Waals surface area contributed by atoms with Crippen molar-refractivity contribution in [2.24, 2.45) is 5.41 Å². The van der Waals surface area contributed by atoms with Gasteiger partial charge in [-0.25, -0.2) is 26.6 Å². The number of hydrogen-bond donors (Lipinski definition) is 1. The van der Waals surface area contributed by atoms with Gasteiger partial charge in [-0.05, 0) is 45.0 Å². The largest absolute Gasteiger partial charge is 0.370 e. The van der Waals surface area contributed by atoms with Gasteiger partial charge in [-0.3, -0.25) is 4.72 Å². The number of nitrogens with zero attached hydrogens (tertiary/aromatic N) is 3. The summed E-state index contributed by atoms with van der Waals surface area (Å²) in [6, 6.07) is 3.35. The van der Waals surface area contributed by atoms with Crippen molar-refractivity contribution >= 4 is 33.1 Å². The molecule has 0 radical (unpaired) electrons. The molecule has 2 saturated heterocycles. The lowest BCUT2D eigenvalue weighted by atomic mass is 9.80. The Kier molecular flexibility index (Phi) is 6.06. The van der Waals surface area contributed by atoms with Crippen molar-refractivity contribution in [2.75, 3.05) is 36.3 Å². The molecule has 3 heterocycles. The molecule has 6 nitrogen and oxygen atoms in total. The van der Waals surface area contributed by atoms with Gasteiger partial charge in [0.15, 0.2) is 10.7 Å². The van der Waals surface area contributed by atoms with Gasteiger partial charge in [-0.15, -0.1) is 0 Å². The Morgan fingerprint density at radius 2 is 2.00 bits per heavy atom. The summed E-state index contributed by atoms with van der Waals surface area (Å²) in [6.45, 7) is 4.30. The SMILES string of the molecule is CN1CCC[C@H]1[C@]1(C)CCN(c2cc(F)c(S(=O)(=O)Nc3ccc(F)cn3)c(F)c2Cl)C1. The molecule has 0 spiro atoms. The van der Waals surface area contributed by atoms with Gasteiger partial charge in [0.25, 0.3) is 10.0 Å². The zero-order valence-corrected chi connectivity index (χ0v) is 19.3. The maximum atomic E-state index is 15.1. The molecule has 32 heavy (non-hydrogen) atoms. The van der Waals surface area contributed by atoms with Crippen LogP contribution in [0.4, 0.5) is 24.7 Å². The fraction of sp³-hybridized carbons (Fsp3) is 0.476. The highest BCUT2D eigenvalue weighted by Gasteiger charge is 2.44. The lowest BCUT2D eigenvalue weighted by Crippen LogP contribution is -2.42. The molecular weight excluding hydrogens is 465 g/mol. The highest BCUT2D eigenvalue weighted by atomic mass is 35.5. The summed E-state index contributed by atoms with van der Waals surface area (Å²) in [7, 11) is -2.60. The number of rotatable bonds is 5. The van der Waals surface area contributed by atoms with Gasteiger partial charge in [-0.1, -0.05) is 18.5 Å². The third-order valence-electron chi connectivity index (χ3n) is 6.50. The Morgan fingerprint density at radius 3 is 2.62 bits per heavy atom. The van der Waals surface area contributed by atoms with E-state index in [-0.39, 0.29) is 16.9 Å². The fourth-order valence-electron chi connectivity index (χ4n) is 4.92. The predicted octanol–water partition coefficient (Wildman–Crippen LogP) is 4.26. The van der Waals surface area contributed by atoms with Crippen LogP contribution < -0.4 is 9.62 Å². The van der Waals surface area contributed by atoms with Crippen LogP contribution in [0.25, 0.3) is 0 Å². The van der Waals surface area contributed by atoms with Crippen molar-refractivity contribution in [3.8, 4) is 0 Å². The number of pyridine rings is 1. The number of anilines is 2. The van der Waals surface area contributed by atoms with E-state index in [1.54, 1.807) is 0 Å². The minimum atomic E-state index is -4.69. The van der Waals surface area contributed by atoms with Crippen LogP contribution in [-0.2, 0) is 10.0 Å². The Balaban J connectivity index is 1.62. The first kappa shape index (κ1) is 23.1. The molecule has 0 saturated carbocycles. The quantitative estimate of drug-likeness (QED) is 0.637. The molecule has 0 amide bonds. The van der Waals surface area contributed by atoms with Gasteiger partial charge in [0.2, 0.25) is 0 Å². The van der Waals surface area contributed by atoms with E-state index < -0.39 is 37.4 Å². The summed E-state index contributed by atoms with van der Waals surface area (Å²) in [6.07, 6.45) is 3.80. The number of benzene rings is 1. The first-order chi connectivity index (χ1) is 15.0. The van der Waals surface area contributed by atoms with E-state index in [0.717, 1.165) is 50.2 Å². The summed E-state index contributed by atoms with van der Waals surface area (Å²) in [4.78, 5) is 6.48. The second-order valence-corrected chi connectivity index (χ2v) is 10.8. The second kappa shape index (κ2) is 8.39. The maximum absolute atomic E-state index is 15.1. The maximum Gasteiger partial charge on any atom is 0.268 e. The van der Waals surface area contributed by atoms with Gasteiger partial charge in [0.1, 0.15) is 22.5 Å². The van der Waals surface area contributed by atoms with Crippen molar-refractivity contribution in [3.63, 3.8) is 0 Å². The third kappa shape index (κ3) is 4.15. The van der Waals surface area contributed by atoms with E-state index in [1.165, 1.54) is 0 Å². The Bertz CT molecular complexity index is 1130. The average molecular weight is 489 g/mol. The zero-order chi connectivity index (χ0) is 23.3. The predicted molar refractivity (Wildman–Crippen MR) is 117 cm³/mol. The fourth-order valence-corrected chi connectivity index (χ4v) is 6.40. The van der Waals surface area contributed by atoms with Gasteiger partial charge < -0.3 is 9.80 Å². The van der Waals surface area contributed by atoms with E-state index in [4.69, 9.17) is 11.6 Å². The van der Waals surface area contributed by atoms with E-state index in [2.05, 4.69) is 23.9 Å². The van der Waals surface area contributed by atoms with E-state index >= 15 is 4.39 Å². The Morgan fingerprint density at radius 1 is 1.25 bits per heavy atom. The second-order valence-electron chi connectivity index (χ2n) is 8.77. The van der Waals surface area contributed by atoms with Crippen molar-refractivity contribution in [3.05, 3.63) is 46.9 Å². The number of halogens is 4. The van der Waals surface area contributed by atoms with Gasteiger partial charge in [-0.2, -0.15) is 0 Å².